The van der Waals surface area contributed by atoms with Gasteiger partial charge in [-0.25, -0.2) is 4.79 Å². The summed E-state index contributed by atoms with van der Waals surface area (Å²) in [6.45, 7) is 13.1. The lowest BCUT2D eigenvalue weighted by Crippen LogP contribution is -2.12. The summed E-state index contributed by atoms with van der Waals surface area (Å²) in [5, 5.41) is 0. The Kier molecular flexibility index (Phi) is 3.36. The summed E-state index contributed by atoms with van der Waals surface area (Å²) in [5.41, 5.74) is 2.79. The molecule has 0 bridgehead atoms. The molecular formula is C13H21O2P. The average Bonchev–Trinajstić information content (AvgIpc) is 2.76. The van der Waals surface area contributed by atoms with Crippen LogP contribution in [0.2, 0.25) is 0 Å². The molecule has 2 nitrogen and oxygen atoms in total. The van der Waals surface area contributed by atoms with E-state index >= 15 is 0 Å². The minimum absolute atomic E-state index is 0.124. The molecule has 0 aliphatic rings. The fourth-order valence-electron chi connectivity index (χ4n) is 1.89. The van der Waals surface area contributed by atoms with E-state index in [-0.39, 0.29) is 16.5 Å². The summed E-state index contributed by atoms with van der Waals surface area (Å²) in [5.74, 6) is 0. The van der Waals surface area contributed by atoms with Crippen LogP contribution in [0.5, 0.6) is 0 Å². The molecule has 1 aromatic carbocycles. The molecule has 0 atom stereocenters. The Morgan fingerprint density at radius 1 is 1.00 bits per heavy atom. The Morgan fingerprint density at radius 3 is 1.62 bits per heavy atom. The fraction of sp³-hybridized carbons (Fsp3) is 0.692. The molecule has 0 fully saturated rings. The number of carbonyl (C=O) groups excluding carboxylic acids is 1. The topological polar surface area (TPSA) is 26.3 Å². The first-order valence-corrected chi connectivity index (χ1v) is 6.41. The molecule has 1 aromatic rings. The van der Waals surface area contributed by atoms with Crippen molar-refractivity contribution in [1.82, 2.24) is 0 Å². The van der Waals surface area contributed by atoms with Crippen molar-refractivity contribution in [1.29, 1.82) is 0 Å². The van der Waals surface area contributed by atoms with Gasteiger partial charge in [-0.15, -0.1) is 0 Å². The van der Waals surface area contributed by atoms with E-state index in [4.69, 9.17) is 4.74 Å². The number of methoxy groups -OCH3 is 1. The highest BCUT2D eigenvalue weighted by Gasteiger charge is 2.36. The number of rotatable bonds is 1. The highest BCUT2D eigenvalue weighted by molar-refractivity contribution is 7.50. The molecule has 0 aliphatic heterocycles. The molecule has 0 amide bonds. The van der Waals surface area contributed by atoms with Gasteiger partial charge in [-0.1, -0.05) is 41.5 Å². The van der Waals surface area contributed by atoms with Crippen LogP contribution in [0.3, 0.4) is 0 Å². The third-order valence-corrected chi connectivity index (χ3v) is 3.57. The molecule has 0 unspecified atom stereocenters. The Bertz CT molecular complexity index is 392. The van der Waals surface area contributed by atoms with Gasteiger partial charge >= 0.3 is 5.71 Å². The number of hydrogen-bond acceptors (Lipinski definition) is 2. The molecule has 0 aromatic heterocycles. The third kappa shape index (κ3) is 2.74. The van der Waals surface area contributed by atoms with Crippen LogP contribution in [-0.2, 0) is 15.6 Å². The first-order chi connectivity index (χ1) is 7.09. The summed E-state index contributed by atoms with van der Waals surface area (Å²) in [6, 6.07) is 0. The van der Waals surface area contributed by atoms with Gasteiger partial charge < -0.3 is 4.74 Å². The maximum atomic E-state index is 11.3. The van der Waals surface area contributed by atoms with E-state index in [1.54, 1.807) is 0 Å². The Balaban J connectivity index is 3.22. The number of ether oxygens (including phenoxy) is 1. The van der Waals surface area contributed by atoms with E-state index in [9.17, 15) is 4.79 Å². The van der Waals surface area contributed by atoms with Crippen molar-refractivity contribution in [3.8, 4) is 0 Å². The molecule has 3 heteroatoms. The van der Waals surface area contributed by atoms with Crippen LogP contribution in [-0.4, -0.2) is 12.8 Å². The van der Waals surface area contributed by atoms with Crippen molar-refractivity contribution < 1.29 is 9.53 Å². The molecule has 0 saturated heterocycles. The first kappa shape index (κ1) is 13.4. The molecule has 1 rings (SSSR count). The maximum Gasteiger partial charge on any atom is 0.356 e. The normalized spacial score (nSPS) is 13.4. The summed E-state index contributed by atoms with van der Waals surface area (Å²) >= 11 is 0. The minimum atomic E-state index is -0.170. The van der Waals surface area contributed by atoms with E-state index < -0.39 is 0 Å². The predicted octanol–water partition coefficient (Wildman–Crippen LogP) is 4.40. The molecule has 0 aliphatic carbocycles. The zero-order valence-corrected chi connectivity index (χ0v) is 12.2. The fourth-order valence-corrected chi connectivity index (χ4v) is 3.22. The van der Waals surface area contributed by atoms with Crippen LogP contribution in [0.4, 0.5) is 4.79 Å². The van der Waals surface area contributed by atoms with Gasteiger partial charge in [-0.2, -0.15) is 0 Å². The average molecular weight is 240 g/mol. The minimum Gasteiger partial charge on any atom is -0.463 e. The van der Waals surface area contributed by atoms with Gasteiger partial charge in [-0.05, 0) is 22.0 Å². The summed E-state index contributed by atoms with van der Waals surface area (Å²) < 4.78 is 4.72. The van der Waals surface area contributed by atoms with Crippen molar-refractivity contribution in [2.24, 2.45) is 0 Å². The monoisotopic (exact) mass is 240 g/mol. The Morgan fingerprint density at radius 2 is 1.38 bits per heavy atom. The molecule has 90 valence electrons. The largest absolute Gasteiger partial charge is 0.463 e. The molecule has 0 heterocycles. The van der Waals surface area contributed by atoms with E-state index in [0.29, 0.717) is 8.20 Å². The lowest BCUT2D eigenvalue weighted by atomic mass is 9.86. The van der Waals surface area contributed by atoms with Crippen LogP contribution < -0.4 is 0 Å². The van der Waals surface area contributed by atoms with Crippen molar-refractivity contribution in [2.75, 3.05) is 7.11 Å². The molecule has 0 saturated carbocycles. The van der Waals surface area contributed by atoms with Crippen LogP contribution in [0.1, 0.15) is 52.7 Å². The van der Waals surface area contributed by atoms with Gasteiger partial charge in [0.15, 0.2) is 0 Å². The second-order valence-electron chi connectivity index (χ2n) is 6.18. The van der Waals surface area contributed by atoms with Gasteiger partial charge in [0.25, 0.3) is 0 Å². The van der Waals surface area contributed by atoms with E-state index in [0.717, 1.165) is 0 Å². The van der Waals surface area contributed by atoms with Gasteiger partial charge in [0.05, 0.1) is 7.11 Å². The van der Waals surface area contributed by atoms with Crippen LogP contribution in [0, 0.1) is 4.94 Å². The van der Waals surface area contributed by atoms with Crippen LogP contribution in [0.15, 0.2) is 0 Å². The molecule has 0 spiro atoms. The highest BCUT2D eigenvalue weighted by Crippen LogP contribution is 2.46. The van der Waals surface area contributed by atoms with Gasteiger partial charge in [0, 0.05) is 13.1 Å². The van der Waals surface area contributed by atoms with Crippen LogP contribution >= 0.6 is 8.20 Å². The van der Waals surface area contributed by atoms with Crippen molar-refractivity contribution in [2.45, 2.75) is 52.4 Å². The zero-order chi connectivity index (χ0) is 12.7. The Hall–Kier alpha value is -0.620. The lowest BCUT2D eigenvalue weighted by Gasteiger charge is -2.18. The smallest absolute Gasteiger partial charge is 0.356 e. The van der Waals surface area contributed by atoms with E-state index in [2.05, 4.69) is 41.5 Å². The lowest BCUT2D eigenvalue weighted by molar-refractivity contribution is 0.200. The van der Waals surface area contributed by atoms with Gasteiger partial charge in [0.2, 0.25) is 0 Å². The SMILES string of the molecule is COC(=O)P=c1c(C(C)(C)C)c1C(C)(C)C. The van der Waals surface area contributed by atoms with Crippen LogP contribution in [0.25, 0.3) is 0 Å². The van der Waals surface area contributed by atoms with E-state index in [1.807, 2.05) is 0 Å². The second kappa shape index (κ2) is 4.00. The number of hydrogen-bond donors (Lipinski definition) is 0. The Labute approximate surface area is 99.5 Å². The summed E-state index contributed by atoms with van der Waals surface area (Å²) in [4.78, 5) is 12.5. The highest BCUT2D eigenvalue weighted by atomic mass is 31.1. The van der Waals surface area contributed by atoms with Crippen molar-refractivity contribution >= 4 is 13.9 Å². The molecule has 0 N–H and O–H groups in total. The zero-order valence-electron chi connectivity index (χ0n) is 11.3. The predicted molar refractivity (Wildman–Crippen MR) is 68.8 cm³/mol. The van der Waals surface area contributed by atoms with Gasteiger partial charge in [-0.3, -0.25) is 0 Å². The molecular weight excluding hydrogens is 219 g/mol. The number of carbonyl (C=O) groups is 1. The standard InChI is InChI=1S/C13H21O2P/c1-12(2,3)8-9(13(4,5)6)10(8)16-11(14)15-7/h1-7H3. The van der Waals surface area contributed by atoms with E-state index in [1.165, 1.54) is 23.2 Å². The third-order valence-electron chi connectivity index (χ3n) is 2.54. The molecule has 0 radical (unpaired) electrons. The second-order valence-corrected chi connectivity index (χ2v) is 7.22. The summed E-state index contributed by atoms with van der Waals surface area (Å²) in [6.07, 6.45) is 0. The van der Waals surface area contributed by atoms with Gasteiger partial charge in [0.1, 0.15) is 0 Å². The van der Waals surface area contributed by atoms with Crippen molar-refractivity contribution in [3.05, 3.63) is 16.1 Å². The quantitative estimate of drug-likeness (QED) is 0.680. The maximum absolute atomic E-state index is 11.3. The summed E-state index contributed by atoms with van der Waals surface area (Å²) in [7, 11) is 2.13. The molecule has 16 heavy (non-hydrogen) atoms. The van der Waals surface area contributed by atoms with Crippen molar-refractivity contribution in [3.63, 3.8) is 0 Å². The first-order valence-electron chi connectivity index (χ1n) is 5.51.